The first-order chi connectivity index (χ1) is 12.7. The Hall–Kier alpha value is -3.03. The van der Waals surface area contributed by atoms with E-state index in [4.69, 9.17) is 9.47 Å². The molecule has 0 aliphatic carbocycles. The molecular weight excluding hydrogens is 363 g/mol. The zero-order valence-electron chi connectivity index (χ0n) is 14.6. The summed E-state index contributed by atoms with van der Waals surface area (Å²) < 4.78 is 48.0. The first kappa shape index (κ1) is 20.3. The lowest BCUT2D eigenvalue weighted by Gasteiger charge is -2.18. The second-order valence-corrected chi connectivity index (χ2v) is 5.72. The zero-order valence-corrected chi connectivity index (χ0v) is 14.6. The average Bonchev–Trinajstić information content (AvgIpc) is 2.62. The summed E-state index contributed by atoms with van der Waals surface area (Å²) in [6, 6.07) is 12.6. The Kier molecular flexibility index (Phi) is 6.44. The number of para-hydroxylation sites is 1. The Morgan fingerprint density at radius 3 is 2.07 bits per heavy atom. The number of esters is 1. The standard InChI is InChI=1S/C19H18F3NO4/c1-12(27-18(25)13(2)26-16-6-4-3-5-7-16)17(24)23-15-10-8-14(9-11-15)19(20,21)22/h3-13H,1-2H3,(H,23,24)/t12-,13-/m0/s1. The Morgan fingerprint density at radius 1 is 0.926 bits per heavy atom. The Morgan fingerprint density at radius 2 is 1.52 bits per heavy atom. The van der Waals surface area contributed by atoms with Gasteiger partial charge in [0.05, 0.1) is 5.56 Å². The van der Waals surface area contributed by atoms with Crippen LogP contribution >= 0.6 is 0 Å². The summed E-state index contributed by atoms with van der Waals surface area (Å²) in [5, 5.41) is 2.39. The van der Waals surface area contributed by atoms with Crippen molar-refractivity contribution in [1.82, 2.24) is 0 Å². The predicted octanol–water partition coefficient (Wildman–Crippen LogP) is 4.04. The van der Waals surface area contributed by atoms with Gasteiger partial charge < -0.3 is 14.8 Å². The third-order valence-corrected chi connectivity index (χ3v) is 3.53. The van der Waals surface area contributed by atoms with E-state index in [1.54, 1.807) is 30.3 Å². The molecular formula is C19H18F3NO4. The zero-order chi connectivity index (χ0) is 20.0. The lowest BCUT2D eigenvalue weighted by atomic mass is 10.2. The fourth-order valence-electron chi connectivity index (χ4n) is 2.06. The van der Waals surface area contributed by atoms with Gasteiger partial charge in [-0.2, -0.15) is 13.2 Å². The molecule has 2 aromatic carbocycles. The van der Waals surface area contributed by atoms with Crippen LogP contribution in [0.25, 0.3) is 0 Å². The van der Waals surface area contributed by atoms with Gasteiger partial charge in [-0.3, -0.25) is 4.79 Å². The molecule has 0 aliphatic rings. The van der Waals surface area contributed by atoms with Gasteiger partial charge in [0.15, 0.2) is 12.2 Å². The predicted molar refractivity (Wildman–Crippen MR) is 92.2 cm³/mol. The number of anilines is 1. The van der Waals surface area contributed by atoms with Gasteiger partial charge in [0.2, 0.25) is 0 Å². The van der Waals surface area contributed by atoms with Crippen LogP contribution in [0.4, 0.5) is 18.9 Å². The smallest absolute Gasteiger partial charge is 0.416 e. The quantitative estimate of drug-likeness (QED) is 0.767. The molecule has 0 bridgehead atoms. The molecule has 1 amide bonds. The van der Waals surface area contributed by atoms with Crippen molar-refractivity contribution in [2.75, 3.05) is 5.32 Å². The largest absolute Gasteiger partial charge is 0.479 e. The summed E-state index contributed by atoms with van der Waals surface area (Å²) in [7, 11) is 0. The highest BCUT2D eigenvalue weighted by atomic mass is 19.4. The van der Waals surface area contributed by atoms with Gasteiger partial charge >= 0.3 is 12.1 Å². The molecule has 0 aromatic heterocycles. The van der Waals surface area contributed by atoms with E-state index in [0.29, 0.717) is 5.75 Å². The van der Waals surface area contributed by atoms with Crippen LogP contribution in [0.3, 0.4) is 0 Å². The van der Waals surface area contributed by atoms with Gasteiger partial charge in [-0.1, -0.05) is 18.2 Å². The number of halogens is 3. The van der Waals surface area contributed by atoms with Gasteiger partial charge in [0.25, 0.3) is 5.91 Å². The number of rotatable bonds is 6. The van der Waals surface area contributed by atoms with Gasteiger partial charge in [-0.05, 0) is 50.2 Å². The number of amides is 1. The first-order valence-electron chi connectivity index (χ1n) is 8.07. The molecule has 0 unspecified atom stereocenters. The number of carbonyl (C=O) groups is 2. The van der Waals surface area contributed by atoms with Crippen molar-refractivity contribution < 1.29 is 32.2 Å². The van der Waals surface area contributed by atoms with Crippen LogP contribution in [0.2, 0.25) is 0 Å². The van der Waals surface area contributed by atoms with Gasteiger partial charge in [-0.15, -0.1) is 0 Å². The van der Waals surface area contributed by atoms with E-state index >= 15 is 0 Å². The number of nitrogens with one attached hydrogen (secondary N) is 1. The molecule has 1 N–H and O–H groups in total. The molecule has 0 heterocycles. The normalized spacial score (nSPS) is 13.4. The molecule has 2 atom stereocenters. The van der Waals surface area contributed by atoms with E-state index in [1.165, 1.54) is 13.8 Å². The van der Waals surface area contributed by atoms with Crippen molar-refractivity contribution in [2.45, 2.75) is 32.2 Å². The third kappa shape index (κ3) is 6.02. The molecule has 2 rings (SSSR count). The van der Waals surface area contributed by atoms with E-state index < -0.39 is 35.8 Å². The maximum Gasteiger partial charge on any atom is 0.416 e. The Balaban J connectivity index is 1.88. The highest BCUT2D eigenvalue weighted by Crippen LogP contribution is 2.29. The minimum atomic E-state index is -4.46. The topological polar surface area (TPSA) is 64.6 Å². The minimum absolute atomic E-state index is 0.157. The van der Waals surface area contributed by atoms with E-state index in [-0.39, 0.29) is 5.69 Å². The van der Waals surface area contributed by atoms with Crippen LogP contribution < -0.4 is 10.1 Å². The molecule has 2 aromatic rings. The molecule has 8 heteroatoms. The average molecular weight is 381 g/mol. The fourth-order valence-corrected chi connectivity index (χ4v) is 2.06. The van der Waals surface area contributed by atoms with Gasteiger partial charge in [0.1, 0.15) is 5.75 Å². The monoisotopic (exact) mass is 381 g/mol. The fraction of sp³-hybridized carbons (Fsp3) is 0.263. The third-order valence-electron chi connectivity index (χ3n) is 3.53. The second-order valence-electron chi connectivity index (χ2n) is 5.72. The van der Waals surface area contributed by atoms with Crippen LogP contribution in [0, 0.1) is 0 Å². The van der Waals surface area contributed by atoms with E-state index in [2.05, 4.69) is 5.32 Å². The minimum Gasteiger partial charge on any atom is -0.479 e. The van der Waals surface area contributed by atoms with Crippen molar-refractivity contribution in [3.05, 3.63) is 60.2 Å². The molecule has 27 heavy (non-hydrogen) atoms. The molecule has 5 nitrogen and oxygen atoms in total. The number of ether oxygens (including phenoxy) is 2. The van der Waals surface area contributed by atoms with Crippen LogP contribution in [0.5, 0.6) is 5.75 Å². The number of alkyl halides is 3. The first-order valence-corrected chi connectivity index (χ1v) is 8.07. The lowest BCUT2D eigenvalue weighted by Crippen LogP contribution is -2.35. The van der Waals surface area contributed by atoms with Crippen molar-refractivity contribution in [3.63, 3.8) is 0 Å². The molecule has 0 aliphatic heterocycles. The van der Waals surface area contributed by atoms with E-state index in [0.717, 1.165) is 24.3 Å². The molecule has 0 fully saturated rings. The molecule has 0 radical (unpaired) electrons. The molecule has 0 spiro atoms. The van der Waals surface area contributed by atoms with Crippen LogP contribution in [0.1, 0.15) is 19.4 Å². The SMILES string of the molecule is C[C@H](OC(=O)[C@H](C)Oc1ccccc1)C(=O)Nc1ccc(C(F)(F)F)cc1. The number of carbonyl (C=O) groups excluding carboxylic acids is 2. The summed E-state index contributed by atoms with van der Waals surface area (Å²) >= 11 is 0. The molecule has 144 valence electrons. The summed E-state index contributed by atoms with van der Waals surface area (Å²) in [5.74, 6) is -0.937. The molecule has 0 saturated carbocycles. The highest BCUT2D eigenvalue weighted by Gasteiger charge is 2.30. The van der Waals surface area contributed by atoms with Crippen molar-refractivity contribution in [3.8, 4) is 5.75 Å². The summed E-state index contributed by atoms with van der Waals surface area (Å²) in [6.45, 7) is 2.84. The van der Waals surface area contributed by atoms with Crippen LogP contribution in [-0.4, -0.2) is 24.1 Å². The van der Waals surface area contributed by atoms with E-state index in [9.17, 15) is 22.8 Å². The Labute approximate surface area is 154 Å². The lowest BCUT2D eigenvalue weighted by molar-refractivity contribution is -0.159. The number of hydrogen-bond acceptors (Lipinski definition) is 4. The van der Waals surface area contributed by atoms with Crippen LogP contribution in [-0.2, 0) is 20.5 Å². The van der Waals surface area contributed by atoms with Crippen molar-refractivity contribution in [2.24, 2.45) is 0 Å². The highest BCUT2D eigenvalue weighted by molar-refractivity contribution is 5.95. The van der Waals surface area contributed by atoms with Crippen molar-refractivity contribution in [1.29, 1.82) is 0 Å². The second kappa shape index (κ2) is 8.57. The summed E-state index contributed by atoms with van der Waals surface area (Å²) in [6.07, 6.45) is -6.55. The molecule has 0 saturated heterocycles. The summed E-state index contributed by atoms with van der Waals surface area (Å²) in [4.78, 5) is 24.1. The number of benzene rings is 2. The maximum absolute atomic E-state index is 12.5. The van der Waals surface area contributed by atoms with Crippen LogP contribution in [0.15, 0.2) is 54.6 Å². The Bertz CT molecular complexity index is 776. The maximum atomic E-state index is 12.5. The van der Waals surface area contributed by atoms with Crippen molar-refractivity contribution >= 4 is 17.6 Å². The number of hydrogen-bond donors (Lipinski definition) is 1. The summed E-state index contributed by atoms with van der Waals surface area (Å²) in [5.41, 5.74) is -0.670. The van der Waals surface area contributed by atoms with E-state index in [1.807, 2.05) is 0 Å². The van der Waals surface area contributed by atoms with Gasteiger partial charge in [-0.25, -0.2) is 4.79 Å². The van der Waals surface area contributed by atoms with Gasteiger partial charge in [0, 0.05) is 5.69 Å².